The number of anilines is 1. The summed E-state index contributed by atoms with van der Waals surface area (Å²) in [5.41, 5.74) is 1.76. The van der Waals surface area contributed by atoms with Crippen molar-refractivity contribution in [3.8, 4) is 0 Å². The highest BCUT2D eigenvalue weighted by Gasteiger charge is 2.30. The lowest BCUT2D eigenvalue weighted by Crippen LogP contribution is -2.42. The summed E-state index contributed by atoms with van der Waals surface area (Å²) >= 11 is 0. The van der Waals surface area contributed by atoms with Gasteiger partial charge >= 0.3 is 5.97 Å². The third-order valence-electron chi connectivity index (χ3n) is 5.58. The van der Waals surface area contributed by atoms with Crippen molar-refractivity contribution in [2.45, 2.75) is 51.7 Å². The van der Waals surface area contributed by atoms with Crippen LogP contribution in [0.1, 0.15) is 59.4 Å². The molecular weight excluding hydrogens is 464 g/mol. The average molecular weight is 499 g/mol. The first-order valence-corrected chi connectivity index (χ1v) is 12.0. The molecule has 2 atom stereocenters. The number of amides is 2. The second-order valence-electron chi connectivity index (χ2n) is 8.41. The Morgan fingerprint density at radius 1 is 0.917 bits per heavy atom. The summed E-state index contributed by atoms with van der Waals surface area (Å²) in [4.78, 5) is 50.9. The minimum absolute atomic E-state index is 0.113. The summed E-state index contributed by atoms with van der Waals surface area (Å²) < 4.78 is 4.63. The van der Waals surface area contributed by atoms with Crippen LogP contribution in [0.25, 0.3) is 0 Å². The van der Waals surface area contributed by atoms with Crippen molar-refractivity contribution in [1.29, 1.82) is 0 Å². The van der Waals surface area contributed by atoms with Crippen molar-refractivity contribution in [3.63, 3.8) is 0 Å². The summed E-state index contributed by atoms with van der Waals surface area (Å²) in [7, 11) is 1.28. The number of aryl methyl sites for hydroxylation is 1. The maximum Gasteiger partial charge on any atom is 0.337 e. The molecule has 0 spiro atoms. The molecule has 2 aromatic rings. The Morgan fingerprint density at radius 2 is 1.56 bits per heavy atom. The lowest BCUT2D eigenvalue weighted by atomic mass is 10.0. The van der Waals surface area contributed by atoms with Gasteiger partial charge in [-0.15, -0.1) is 0 Å². The van der Waals surface area contributed by atoms with Crippen molar-refractivity contribution in [1.82, 2.24) is 4.90 Å². The van der Waals surface area contributed by atoms with Crippen LogP contribution in [0.3, 0.4) is 0 Å². The van der Waals surface area contributed by atoms with Crippen LogP contribution >= 0.6 is 0 Å². The molecule has 0 aliphatic heterocycles. The highest BCUT2D eigenvalue weighted by atomic mass is 16.5. The Balaban J connectivity index is 1.96. The first kappa shape index (κ1) is 28.7. The number of esters is 1. The van der Waals surface area contributed by atoms with Gasteiger partial charge in [0.15, 0.2) is 11.9 Å². The minimum atomic E-state index is -1.98. The molecule has 0 bridgehead atoms. The van der Waals surface area contributed by atoms with Gasteiger partial charge in [0.2, 0.25) is 0 Å². The summed E-state index contributed by atoms with van der Waals surface area (Å²) in [5, 5.41) is 22.9. The second kappa shape index (κ2) is 14.1. The topological polar surface area (TPSA) is 133 Å². The van der Waals surface area contributed by atoms with Gasteiger partial charge in [0.25, 0.3) is 11.8 Å². The van der Waals surface area contributed by atoms with Gasteiger partial charge in [-0.1, -0.05) is 32.0 Å². The van der Waals surface area contributed by atoms with E-state index in [1.54, 1.807) is 47.4 Å². The number of Topliss-reactive ketones (excluding diaryl/α,β-unsaturated/α-hetero) is 1. The predicted molar refractivity (Wildman–Crippen MR) is 135 cm³/mol. The number of rotatable bonds is 13. The lowest BCUT2D eigenvalue weighted by molar-refractivity contribution is -0.141. The van der Waals surface area contributed by atoms with E-state index in [0.717, 1.165) is 18.4 Å². The molecule has 0 aromatic heterocycles. The van der Waals surface area contributed by atoms with Crippen LogP contribution in [0.2, 0.25) is 0 Å². The van der Waals surface area contributed by atoms with E-state index in [9.17, 15) is 29.4 Å². The van der Waals surface area contributed by atoms with Crippen molar-refractivity contribution in [2.75, 3.05) is 25.5 Å². The van der Waals surface area contributed by atoms with Crippen LogP contribution in [0.4, 0.5) is 5.69 Å². The van der Waals surface area contributed by atoms with Gasteiger partial charge in [0.05, 0.1) is 12.7 Å². The van der Waals surface area contributed by atoms with Crippen LogP contribution < -0.4 is 5.32 Å². The number of benzene rings is 2. The molecule has 2 amide bonds. The maximum atomic E-state index is 12.8. The van der Waals surface area contributed by atoms with E-state index in [0.29, 0.717) is 24.2 Å². The van der Waals surface area contributed by atoms with Gasteiger partial charge in [-0.05, 0) is 55.2 Å². The standard InChI is InChI=1S/C27H34N2O7/c1-4-15-29(16-5-2)26(34)20-7-6-8-21(17-20)28-25(33)24(32)23(31)22(30)14-11-18-9-12-19(13-10-18)27(35)36-3/h6-10,12-13,17,23-24,31-32H,4-5,11,14-16H2,1-3H3,(H,28,33)/t23-,24+/m0/s1. The first-order valence-electron chi connectivity index (χ1n) is 12.0. The molecule has 0 aliphatic rings. The second-order valence-corrected chi connectivity index (χ2v) is 8.41. The zero-order valence-corrected chi connectivity index (χ0v) is 20.9. The number of nitrogens with zero attached hydrogens (tertiary/aromatic N) is 1. The third kappa shape index (κ3) is 8.00. The Bertz CT molecular complexity index is 1050. The molecule has 0 unspecified atom stereocenters. The van der Waals surface area contributed by atoms with E-state index in [2.05, 4.69) is 10.1 Å². The molecular formula is C27H34N2O7. The Labute approximate surface area is 211 Å². The quantitative estimate of drug-likeness (QED) is 0.362. The van der Waals surface area contributed by atoms with Gasteiger partial charge in [-0.2, -0.15) is 0 Å². The van der Waals surface area contributed by atoms with Gasteiger partial charge in [0.1, 0.15) is 6.10 Å². The number of ketones is 1. The molecule has 0 saturated carbocycles. The fourth-order valence-electron chi connectivity index (χ4n) is 3.64. The lowest BCUT2D eigenvalue weighted by Gasteiger charge is -2.22. The Hall–Kier alpha value is -3.56. The molecule has 0 aliphatic carbocycles. The zero-order chi connectivity index (χ0) is 26.7. The molecule has 0 fully saturated rings. The molecule has 0 heterocycles. The number of carbonyl (C=O) groups is 4. The molecule has 2 rings (SSSR count). The number of hydrogen-bond donors (Lipinski definition) is 3. The fraction of sp³-hybridized carbons (Fsp3) is 0.407. The van der Waals surface area contributed by atoms with Gasteiger partial charge in [-0.25, -0.2) is 4.79 Å². The zero-order valence-electron chi connectivity index (χ0n) is 20.9. The Kier molecular flexibility index (Phi) is 11.2. The third-order valence-corrected chi connectivity index (χ3v) is 5.58. The highest BCUT2D eigenvalue weighted by molar-refractivity contribution is 6.00. The molecule has 9 heteroatoms. The predicted octanol–water partition coefficient (Wildman–Crippen LogP) is 2.60. The number of ether oxygens (including phenoxy) is 1. The molecule has 3 N–H and O–H groups in total. The monoisotopic (exact) mass is 498 g/mol. The molecule has 0 radical (unpaired) electrons. The number of methoxy groups -OCH3 is 1. The van der Waals surface area contributed by atoms with Crippen LogP contribution in [-0.2, 0) is 20.7 Å². The van der Waals surface area contributed by atoms with Gasteiger partial charge in [0, 0.05) is 30.8 Å². The van der Waals surface area contributed by atoms with Crippen LogP contribution in [0.15, 0.2) is 48.5 Å². The van der Waals surface area contributed by atoms with Crippen molar-refractivity contribution in [2.24, 2.45) is 0 Å². The van der Waals surface area contributed by atoms with E-state index < -0.39 is 29.9 Å². The van der Waals surface area contributed by atoms with Crippen LogP contribution in [0.5, 0.6) is 0 Å². The van der Waals surface area contributed by atoms with E-state index in [1.165, 1.54) is 13.2 Å². The van der Waals surface area contributed by atoms with E-state index in [1.807, 2.05) is 13.8 Å². The smallest absolute Gasteiger partial charge is 0.337 e. The number of nitrogens with one attached hydrogen (secondary N) is 1. The van der Waals surface area contributed by atoms with Gasteiger partial charge < -0.3 is 25.2 Å². The summed E-state index contributed by atoms with van der Waals surface area (Å²) in [6.07, 6.45) is -2.11. The van der Waals surface area contributed by atoms with E-state index in [4.69, 9.17) is 0 Å². The number of aliphatic hydroxyl groups is 2. The number of carbonyl (C=O) groups excluding carboxylic acids is 4. The summed E-state index contributed by atoms with van der Waals surface area (Å²) in [6, 6.07) is 12.7. The molecule has 9 nitrogen and oxygen atoms in total. The van der Waals surface area contributed by atoms with E-state index >= 15 is 0 Å². The fourth-order valence-corrected chi connectivity index (χ4v) is 3.64. The summed E-state index contributed by atoms with van der Waals surface area (Å²) in [6.45, 7) is 5.21. The van der Waals surface area contributed by atoms with Crippen LogP contribution in [0, 0.1) is 0 Å². The minimum Gasteiger partial charge on any atom is -0.465 e. The maximum absolute atomic E-state index is 12.8. The molecule has 194 valence electrons. The largest absolute Gasteiger partial charge is 0.465 e. The normalized spacial score (nSPS) is 12.4. The van der Waals surface area contributed by atoms with Crippen molar-refractivity contribution < 1.29 is 34.1 Å². The molecule has 0 saturated heterocycles. The van der Waals surface area contributed by atoms with Crippen molar-refractivity contribution >= 4 is 29.3 Å². The SMILES string of the molecule is CCCN(CCC)C(=O)c1cccc(NC(=O)[C@H](O)[C@@H](O)C(=O)CCc2ccc(C(=O)OC)cc2)c1. The number of hydrogen-bond acceptors (Lipinski definition) is 7. The molecule has 36 heavy (non-hydrogen) atoms. The van der Waals surface area contributed by atoms with Crippen LogP contribution in [-0.4, -0.2) is 71.1 Å². The summed E-state index contributed by atoms with van der Waals surface area (Å²) in [5.74, 6) is -2.29. The van der Waals surface area contributed by atoms with Gasteiger partial charge in [-0.3, -0.25) is 14.4 Å². The Morgan fingerprint density at radius 3 is 2.14 bits per heavy atom. The highest BCUT2D eigenvalue weighted by Crippen LogP contribution is 2.15. The first-order chi connectivity index (χ1) is 17.2. The van der Waals surface area contributed by atoms with E-state index in [-0.39, 0.29) is 24.4 Å². The molecule has 2 aromatic carbocycles. The average Bonchev–Trinajstić information content (AvgIpc) is 2.90. The number of aliphatic hydroxyl groups excluding tert-OH is 2. The van der Waals surface area contributed by atoms with Crippen molar-refractivity contribution in [3.05, 3.63) is 65.2 Å².